The van der Waals surface area contributed by atoms with Gasteiger partial charge < -0.3 is 5.32 Å². The molecule has 1 aromatic heterocycles. The Morgan fingerprint density at radius 3 is 2.48 bits per heavy atom. The van der Waals surface area contributed by atoms with Gasteiger partial charge in [-0.1, -0.05) is 0 Å². The molecule has 2 rings (SSSR count). The van der Waals surface area contributed by atoms with E-state index in [9.17, 15) is 12.8 Å². The fourth-order valence-corrected chi connectivity index (χ4v) is 4.53. The van der Waals surface area contributed by atoms with Crippen LogP contribution < -0.4 is 9.62 Å². The normalized spacial score (nSPS) is 11.6. The summed E-state index contributed by atoms with van der Waals surface area (Å²) < 4.78 is 39.4. The summed E-state index contributed by atoms with van der Waals surface area (Å²) in [5.41, 5.74) is 0.432. The molecule has 1 aromatic carbocycles. The number of nitrogens with zero attached hydrogens (tertiary/aromatic N) is 1. The van der Waals surface area contributed by atoms with Crippen LogP contribution in [-0.2, 0) is 16.4 Å². The van der Waals surface area contributed by atoms with Crippen LogP contribution in [-0.4, -0.2) is 29.1 Å². The summed E-state index contributed by atoms with van der Waals surface area (Å²) >= 11 is 1.26. The second-order valence-corrected chi connectivity index (χ2v) is 7.89. The van der Waals surface area contributed by atoms with Gasteiger partial charge in [0.1, 0.15) is 10.0 Å². The number of rotatable bonds is 6. The summed E-state index contributed by atoms with van der Waals surface area (Å²) in [5.74, 6) is -0.393. The van der Waals surface area contributed by atoms with E-state index in [4.69, 9.17) is 0 Å². The van der Waals surface area contributed by atoms with Crippen molar-refractivity contribution in [1.82, 2.24) is 5.32 Å². The number of nitrogens with one attached hydrogen (secondary N) is 1. The van der Waals surface area contributed by atoms with Gasteiger partial charge in [-0.25, -0.2) is 12.8 Å². The second kappa shape index (κ2) is 6.55. The SMILES string of the molecule is CNCCc1ccc(S(=O)(=O)N(C)c2ccc(F)cc2)s1. The highest BCUT2D eigenvalue weighted by molar-refractivity contribution is 7.94. The van der Waals surface area contributed by atoms with E-state index in [2.05, 4.69) is 5.32 Å². The van der Waals surface area contributed by atoms with E-state index in [1.807, 2.05) is 13.1 Å². The van der Waals surface area contributed by atoms with Crippen LogP contribution >= 0.6 is 11.3 Å². The molecule has 21 heavy (non-hydrogen) atoms. The lowest BCUT2D eigenvalue weighted by molar-refractivity contribution is 0.596. The molecule has 2 aromatic rings. The van der Waals surface area contributed by atoms with Gasteiger partial charge in [0, 0.05) is 11.9 Å². The molecule has 7 heteroatoms. The van der Waals surface area contributed by atoms with Crippen molar-refractivity contribution in [2.75, 3.05) is 24.9 Å². The molecule has 0 atom stereocenters. The summed E-state index contributed by atoms with van der Waals surface area (Å²) in [6.45, 7) is 0.799. The summed E-state index contributed by atoms with van der Waals surface area (Å²) in [6, 6.07) is 8.82. The van der Waals surface area contributed by atoms with Crippen molar-refractivity contribution in [2.24, 2.45) is 0 Å². The number of hydrogen-bond donors (Lipinski definition) is 1. The fraction of sp³-hybridized carbons (Fsp3) is 0.286. The second-order valence-electron chi connectivity index (χ2n) is 4.52. The minimum absolute atomic E-state index is 0.292. The zero-order chi connectivity index (χ0) is 15.5. The van der Waals surface area contributed by atoms with Crippen molar-refractivity contribution >= 4 is 27.0 Å². The van der Waals surface area contributed by atoms with E-state index in [0.29, 0.717) is 9.90 Å². The first-order chi connectivity index (χ1) is 9.95. The zero-order valence-electron chi connectivity index (χ0n) is 11.8. The average Bonchev–Trinajstić information content (AvgIpc) is 2.94. The number of halogens is 1. The van der Waals surface area contributed by atoms with Crippen molar-refractivity contribution in [3.05, 3.63) is 47.1 Å². The van der Waals surface area contributed by atoms with E-state index in [1.54, 1.807) is 6.07 Å². The Hall–Kier alpha value is -1.44. The summed E-state index contributed by atoms with van der Waals surface area (Å²) in [7, 11) is -0.278. The molecule has 0 amide bonds. The molecule has 114 valence electrons. The first-order valence-electron chi connectivity index (χ1n) is 6.43. The van der Waals surface area contributed by atoms with E-state index in [0.717, 1.165) is 17.8 Å². The molecule has 1 heterocycles. The topological polar surface area (TPSA) is 49.4 Å². The van der Waals surface area contributed by atoms with E-state index >= 15 is 0 Å². The molecule has 0 radical (unpaired) electrons. The minimum Gasteiger partial charge on any atom is -0.319 e. The van der Waals surface area contributed by atoms with Crippen LogP contribution in [0.5, 0.6) is 0 Å². The molecule has 0 saturated heterocycles. The van der Waals surface area contributed by atoms with E-state index in [-0.39, 0.29) is 0 Å². The van der Waals surface area contributed by atoms with Crippen molar-refractivity contribution in [3.8, 4) is 0 Å². The number of thiophene rings is 1. The molecule has 0 fully saturated rings. The Balaban J connectivity index is 2.24. The smallest absolute Gasteiger partial charge is 0.273 e. The van der Waals surface area contributed by atoms with Crippen molar-refractivity contribution < 1.29 is 12.8 Å². The highest BCUT2D eigenvalue weighted by Gasteiger charge is 2.23. The summed E-state index contributed by atoms with van der Waals surface area (Å²) in [5, 5.41) is 3.03. The lowest BCUT2D eigenvalue weighted by atomic mass is 10.3. The highest BCUT2D eigenvalue weighted by atomic mass is 32.2. The Morgan fingerprint density at radius 1 is 1.19 bits per heavy atom. The number of anilines is 1. The predicted octanol–water partition coefficient (Wildman–Crippen LogP) is 2.47. The van der Waals surface area contributed by atoms with Crippen LogP contribution in [0.2, 0.25) is 0 Å². The zero-order valence-corrected chi connectivity index (χ0v) is 13.5. The summed E-state index contributed by atoms with van der Waals surface area (Å²) in [6.07, 6.45) is 0.789. The first kappa shape index (κ1) is 15.9. The monoisotopic (exact) mass is 328 g/mol. The standard InChI is InChI=1S/C14H17FN2O2S2/c1-16-10-9-13-7-8-14(20-13)21(18,19)17(2)12-5-3-11(15)4-6-12/h3-8,16H,9-10H2,1-2H3. The van der Waals surface area contributed by atoms with Gasteiger partial charge in [-0.2, -0.15) is 0 Å². The van der Waals surface area contributed by atoms with Crippen molar-refractivity contribution in [1.29, 1.82) is 0 Å². The van der Waals surface area contributed by atoms with Gasteiger partial charge in [-0.3, -0.25) is 4.31 Å². The van der Waals surface area contributed by atoms with Gasteiger partial charge in [0.2, 0.25) is 0 Å². The van der Waals surface area contributed by atoms with Gasteiger partial charge in [-0.15, -0.1) is 11.3 Å². The molecule has 0 spiro atoms. The lowest BCUT2D eigenvalue weighted by Gasteiger charge is -2.18. The molecule has 0 aliphatic carbocycles. The first-order valence-corrected chi connectivity index (χ1v) is 8.68. The largest absolute Gasteiger partial charge is 0.319 e. The Kier molecular flexibility index (Phi) is 4.97. The van der Waals surface area contributed by atoms with Crippen LogP contribution in [0.25, 0.3) is 0 Å². The van der Waals surface area contributed by atoms with Crippen LogP contribution in [0.3, 0.4) is 0 Å². The predicted molar refractivity (Wildman–Crippen MR) is 83.9 cm³/mol. The highest BCUT2D eigenvalue weighted by Crippen LogP contribution is 2.27. The molecular weight excluding hydrogens is 311 g/mol. The molecule has 4 nitrogen and oxygen atoms in total. The van der Waals surface area contributed by atoms with Crippen LogP contribution in [0, 0.1) is 5.82 Å². The van der Waals surface area contributed by atoms with Gasteiger partial charge in [0.15, 0.2) is 0 Å². The van der Waals surface area contributed by atoms with Crippen molar-refractivity contribution in [3.63, 3.8) is 0 Å². The van der Waals surface area contributed by atoms with E-state index in [1.165, 1.54) is 47.0 Å². The molecule has 0 aliphatic rings. The van der Waals surface area contributed by atoms with Gasteiger partial charge in [-0.05, 0) is 56.4 Å². The van der Waals surface area contributed by atoms with E-state index < -0.39 is 15.8 Å². The number of sulfonamides is 1. The molecule has 0 bridgehead atoms. The Labute approximate surface area is 128 Å². The molecule has 0 aliphatic heterocycles. The Bertz CT molecular complexity index is 696. The number of benzene rings is 1. The third kappa shape index (κ3) is 3.61. The van der Waals surface area contributed by atoms with Crippen LogP contribution in [0.15, 0.2) is 40.6 Å². The van der Waals surface area contributed by atoms with Crippen LogP contribution in [0.4, 0.5) is 10.1 Å². The fourth-order valence-electron chi connectivity index (χ4n) is 1.80. The van der Waals surface area contributed by atoms with Gasteiger partial charge in [0.05, 0.1) is 5.69 Å². The quantitative estimate of drug-likeness (QED) is 0.886. The average molecular weight is 328 g/mol. The summed E-state index contributed by atoms with van der Waals surface area (Å²) in [4.78, 5) is 1.01. The molecule has 0 saturated carbocycles. The molecule has 0 unspecified atom stereocenters. The van der Waals surface area contributed by atoms with Gasteiger partial charge >= 0.3 is 0 Å². The van der Waals surface area contributed by atoms with Crippen LogP contribution in [0.1, 0.15) is 4.88 Å². The lowest BCUT2D eigenvalue weighted by Crippen LogP contribution is -2.25. The third-order valence-electron chi connectivity index (χ3n) is 3.06. The van der Waals surface area contributed by atoms with Crippen molar-refractivity contribution in [2.45, 2.75) is 10.6 Å². The third-order valence-corrected chi connectivity index (χ3v) is 6.46. The maximum Gasteiger partial charge on any atom is 0.273 e. The molecule has 1 N–H and O–H groups in total. The maximum absolute atomic E-state index is 12.9. The number of hydrogen-bond acceptors (Lipinski definition) is 4. The number of likely N-dealkylation sites (N-methyl/N-ethyl adjacent to an activating group) is 1. The minimum atomic E-state index is -3.60. The van der Waals surface area contributed by atoms with Gasteiger partial charge in [0.25, 0.3) is 10.0 Å². The maximum atomic E-state index is 12.9. The molecular formula is C14H17FN2O2S2. The Morgan fingerprint density at radius 2 is 1.86 bits per heavy atom.